The van der Waals surface area contributed by atoms with Crippen molar-refractivity contribution in [3.8, 4) is 5.75 Å². The third kappa shape index (κ3) is 10.9. The van der Waals surface area contributed by atoms with Crippen molar-refractivity contribution < 1.29 is 145 Å². The number of sulfonamides is 1. The molecule has 2 amide bonds. The topological polar surface area (TPSA) is 216 Å². The molecule has 0 spiro atoms. The van der Waals surface area contributed by atoms with Crippen LogP contribution in [0, 0.1) is 15.5 Å². The van der Waals surface area contributed by atoms with Crippen LogP contribution in [0.15, 0.2) is 88.7 Å². The van der Waals surface area contributed by atoms with E-state index in [9.17, 15) is 32.9 Å². The van der Waals surface area contributed by atoms with Crippen molar-refractivity contribution in [2.75, 3.05) is 43.1 Å². The minimum absolute atomic E-state index is 0. The predicted molar refractivity (Wildman–Crippen MR) is 187 cm³/mol. The van der Waals surface area contributed by atoms with Gasteiger partial charge < -0.3 is 34.1 Å². The molecule has 1 aromatic heterocycles. The summed E-state index contributed by atoms with van der Waals surface area (Å²) in [6.07, 6.45) is -0.539. The maximum absolute atomic E-state index is 13.9. The summed E-state index contributed by atoms with van der Waals surface area (Å²) in [5, 5.41) is 29.6. The second kappa shape index (κ2) is 20.6. The van der Waals surface area contributed by atoms with Crippen molar-refractivity contribution in [2.24, 2.45) is 5.41 Å². The molecule has 2 heterocycles. The molecule has 0 fully saturated rings. The molecular weight excluding hydrogens is 777 g/mol. The Labute approximate surface area is 397 Å². The molecular formula is C35H37K2N5O11S. The fourth-order valence-electron chi connectivity index (χ4n) is 5.84. The number of carboxylic acid groups (broad SMARTS) is 2. The first-order chi connectivity index (χ1) is 24.5. The maximum atomic E-state index is 13.9. The van der Waals surface area contributed by atoms with Gasteiger partial charge in [0, 0.05) is 56.9 Å². The van der Waals surface area contributed by atoms with Crippen LogP contribution in [0.25, 0.3) is 10.8 Å². The monoisotopic (exact) mass is 813 g/mol. The van der Waals surface area contributed by atoms with Gasteiger partial charge >= 0.3 is 103 Å². The Morgan fingerprint density at radius 2 is 1.54 bits per heavy atom. The standard InChI is InChI=1S/C34H37N5O8S.CH2O3.2K/c1-5-38-27-16-15-25(23-29(27)35(4)32(41)34(2,3)33(38)42)47-22-10-18-37(48(45,46)30-14-9-8-13-28(30)39(43)44)21-20-36-19-17-24-11-6-7-12-26(24)31(36)40;2-1(3)4;;/h6-9,11-17,19,23H,5,10,18,20-22H2,1-4H3;(H2,2,3,4);;/q;;2*+1/p-2. The smallest absolute Gasteiger partial charge is 0.652 e. The largest absolute Gasteiger partial charge is 1.00 e. The van der Waals surface area contributed by atoms with Crippen LogP contribution in [-0.4, -0.2) is 73.5 Å². The van der Waals surface area contributed by atoms with Gasteiger partial charge in [0.2, 0.25) is 21.8 Å². The molecule has 0 N–H and O–H groups in total. The molecule has 1 aliphatic rings. The number of rotatable bonds is 12. The summed E-state index contributed by atoms with van der Waals surface area (Å²) in [6.45, 7) is 5.28. The van der Waals surface area contributed by atoms with E-state index in [1.165, 1.54) is 27.7 Å². The molecule has 0 atom stereocenters. The van der Waals surface area contributed by atoms with E-state index in [-0.39, 0.29) is 153 Å². The molecule has 16 nitrogen and oxygen atoms in total. The number of hydrogen-bond acceptors (Lipinski definition) is 11. The van der Waals surface area contributed by atoms with Crippen molar-refractivity contribution in [2.45, 2.75) is 38.6 Å². The summed E-state index contributed by atoms with van der Waals surface area (Å²) in [4.78, 5) is 61.4. The number of nitrogens with zero attached hydrogens (tertiary/aromatic N) is 5. The van der Waals surface area contributed by atoms with Gasteiger partial charge in [-0.3, -0.25) is 24.5 Å². The second-order valence-corrected chi connectivity index (χ2v) is 14.1. The maximum Gasteiger partial charge on any atom is 1.00 e. The average Bonchev–Trinajstić information content (AvgIpc) is 3.16. The Hall–Kier alpha value is -2.54. The zero-order chi connectivity index (χ0) is 38.4. The van der Waals surface area contributed by atoms with E-state index in [0.717, 1.165) is 15.8 Å². The Morgan fingerprint density at radius 1 is 0.907 bits per heavy atom. The van der Waals surface area contributed by atoms with E-state index in [0.29, 0.717) is 29.1 Å². The molecule has 5 rings (SSSR count). The summed E-state index contributed by atoms with van der Waals surface area (Å²) in [5.74, 6) is -0.254. The minimum atomic E-state index is -4.36. The number of nitro benzene ring substituents is 1. The number of benzene rings is 3. The van der Waals surface area contributed by atoms with Gasteiger partial charge in [0.25, 0.3) is 11.2 Å². The molecule has 0 aliphatic carbocycles. The van der Waals surface area contributed by atoms with Gasteiger partial charge in [-0.05, 0) is 69.1 Å². The van der Waals surface area contributed by atoms with Gasteiger partial charge in [-0.2, -0.15) is 4.31 Å². The van der Waals surface area contributed by atoms with E-state index in [4.69, 9.17) is 19.7 Å². The van der Waals surface area contributed by atoms with Crippen LogP contribution < -0.4 is 133 Å². The van der Waals surface area contributed by atoms with E-state index >= 15 is 0 Å². The normalized spacial score (nSPS) is 13.5. The Bertz CT molecular complexity index is 2180. The molecule has 3 aromatic carbocycles. The fourth-order valence-corrected chi connectivity index (χ4v) is 7.47. The van der Waals surface area contributed by atoms with Crippen LogP contribution in [0.4, 0.5) is 21.9 Å². The average molecular weight is 814 g/mol. The van der Waals surface area contributed by atoms with E-state index < -0.39 is 37.1 Å². The first kappa shape index (κ1) is 47.6. The number of pyridine rings is 1. The molecule has 0 saturated carbocycles. The van der Waals surface area contributed by atoms with E-state index in [2.05, 4.69) is 0 Å². The zero-order valence-electron chi connectivity index (χ0n) is 30.9. The van der Waals surface area contributed by atoms with E-state index in [1.54, 1.807) is 68.4 Å². The van der Waals surface area contributed by atoms with Crippen molar-refractivity contribution in [1.29, 1.82) is 0 Å². The van der Waals surface area contributed by atoms with Gasteiger partial charge in [0.15, 0.2) is 4.90 Å². The van der Waals surface area contributed by atoms with Gasteiger partial charge in [0.1, 0.15) is 11.2 Å². The van der Waals surface area contributed by atoms with Gasteiger partial charge in [0.05, 0.1) is 22.9 Å². The summed E-state index contributed by atoms with van der Waals surface area (Å²) in [5.41, 5.74) is -1.02. The summed E-state index contributed by atoms with van der Waals surface area (Å²) in [7, 11) is -2.76. The Kier molecular flexibility index (Phi) is 18.1. The van der Waals surface area contributed by atoms with Crippen LogP contribution >= 0.6 is 0 Å². The SMILES string of the molecule is CCN1C(=O)C(C)(C)C(=O)N(C)c2cc(OCCCN(CCn3ccc4ccccc4c3=O)S(=O)(=O)c3ccccc3[N+](=O)[O-])ccc21.O=C([O-])[O-].[K+].[K+]. The summed E-state index contributed by atoms with van der Waals surface area (Å²) < 4.78 is 36.2. The molecule has 0 bridgehead atoms. The first-order valence-corrected chi connectivity index (χ1v) is 17.5. The number of aromatic nitrogens is 1. The van der Waals surface area contributed by atoms with Crippen molar-refractivity contribution in [3.63, 3.8) is 0 Å². The molecule has 276 valence electrons. The van der Waals surface area contributed by atoms with E-state index in [1.807, 2.05) is 19.1 Å². The number of ether oxygens (including phenoxy) is 1. The minimum Gasteiger partial charge on any atom is -0.652 e. The molecule has 1 aliphatic heterocycles. The molecule has 0 radical (unpaired) electrons. The number of carbonyl (C=O) groups is 3. The number of anilines is 2. The quantitative estimate of drug-likeness (QED) is 0.0442. The second-order valence-electron chi connectivity index (χ2n) is 12.2. The molecule has 19 heteroatoms. The van der Waals surface area contributed by atoms with Crippen LogP contribution in [-0.2, 0) is 26.2 Å². The predicted octanol–water partition coefficient (Wildman–Crippen LogP) is -4.01. The third-order valence-electron chi connectivity index (χ3n) is 8.51. The Morgan fingerprint density at radius 3 is 2.19 bits per heavy atom. The van der Waals surface area contributed by atoms with Crippen molar-refractivity contribution in [3.05, 3.63) is 99.5 Å². The zero-order valence-corrected chi connectivity index (χ0v) is 37.9. The van der Waals surface area contributed by atoms with Gasteiger partial charge in [-0.25, -0.2) is 8.42 Å². The van der Waals surface area contributed by atoms with Crippen LogP contribution in [0.5, 0.6) is 5.75 Å². The Balaban J connectivity index is 0.00000160. The molecule has 0 unspecified atom stereocenters. The first-order valence-electron chi connectivity index (χ1n) is 16.1. The van der Waals surface area contributed by atoms with Gasteiger partial charge in [-0.1, -0.05) is 30.3 Å². The fraction of sp³-hybridized carbons (Fsp3) is 0.314. The number of carbonyl (C=O) groups excluding carboxylic acids is 3. The number of nitro groups is 1. The summed E-state index contributed by atoms with van der Waals surface area (Å²) in [6, 6.07) is 19.0. The van der Waals surface area contributed by atoms with Crippen LogP contribution in [0.1, 0.15) is 27.2 Å². The number of amides is 2. The molecule has 54 heavy (non-hydrogen) atoms. The third-order valence-corrected chi connectivity index (χ3v) is 10.5. The number of para-hydroxylation sites is 1. The summed E-state index contributed by atoms with van der Waals surface area (Å²) >= 11 is 0. The van der Waals surface area contributed by atoms with Crippen LogP contribution in [0.2, 0.25) is 0 Å². The van der Waals surface area contributed by atoms with Crippen molar-refractivity contribution in [1.82, 2.24) is 8.87 Å². The van der Waals surface area contributed by atoms with Crippen LogP contribution in [0.3, 0.4) is 0 Å². The number of hydrogen-bond donors (Lipinski definition) is 0. The molecule has 4 aromatic rings. The number of fused-ring (bicyclic) bond motifs is 2. The van der Waals surface area contributed by atoms with Crippen molar-refractivity contribution >= 4 is 55.8 Å². The molecule has 0 saturated heterocycles. The van der Waals surface area contributed by atoms with Gasteiger partial charge in [-0.15, -0.1) is 0 Å².